The lowest BCUT2D eigenvalue weighted by Crippen LogP contribution is -2.41. The highest BCUT2D eigenvalue weighted by molar-refractivity contribution is 9.10. The van der Waals surface area contributed by atoms with Gasteiger partial charge in [-0.2, -0.15) is 0 Å². The van der Waals surface area contributed by atoms with E-state index in [-0.39, 0.29) is 5.41 Å². The van der Waals surface area contributed by atoms with Crippen molar-refractivity contribution in [2.75, 3.05) is 16.8 Å². The Balaban J connectivity index is 2.49. The Labute approximate surface area is 142 Å². The third-order valence-corrected chi connectivity index (χ3v) is 6.14. The minimum absolute atomic E-state index is 0.00291. The zero-order valence-electron chi connectivity index (χ0n) is 12.5. The molecule has 0 aromatic heterocycles. The van der Waals surface area contributed by atoms with Crippen molar-refractivity contribution in [3.8, 4) is 0 Å². The van der Waals surface area contributed by atoms with Crippen molar-refractivity contribution in [2.24, 2.45) is 5.41 Å². The summed E-state index contributed by atoms with van der Waals surface area (Å²) in [7, 11) is 0. The SMILES string of the molecule is CCC(CC)(CBr)CN1C(=O)C(=O)c2cc(Br)cc(C)c21. The second-order valence-electron chi connectivity index (χ2n) is 5.68. The molecule has 5 heteroatoms. The van der Waals surface area contributed by atoms with Gasteiger partial charge in [-0.15, -0.1) is 0 Å². The average molecular weight is 417 g/mol. The van der Waals surface area contributed by atoms with E-state index in [1.165, 1.54) is 0 Å². The Hall–Kier alpha value is -0.680. The number of carbonyl (C=O) groups excluding carboxylic acids is 2. The second-order valence-corrected chi connectivity index (χ2v) is 7.16. The maximum absolute atomic E-state index is 12.4. The number of rotatable bonds is 5. The van der Waals surface area contributed by atoms with Gasteiger partial charge in [-0.1, -0.05) is 45.7 Å². The first-order valence-corrected chi connectivity index (χ1v) is 9.03. The van der Waals surface area contributed by atoms with Gasteiger partial charge >= 0.3 is 0 Å². The number of aryl methyl sites for hydroxylation is 1. The molecule has 0 N–H and O–H groups in total. The normalized spacial score (nSPS) is 14.8. The van der Waals surface area contributed by atoms with Crippen LogP contribution in [0.4, 0.5) is 5.69 Å². The zero-order chi connectivity index (χ0) is 15.8. The van der Waals surface area contributed by atoms with Crippen LogP contribution in [0.3, 0.4) is 0 Å². The van der Waals surface area contributed by atoms with Gasteiger partial charge in [0.25, 0.3) is 11.7 Å². The summed E-state index contributed by atoms with van der Waals surface area (Å²) in [5.41, 5.74) is 2.24. The van der Waals surface area contributed by atoms with Crippen LogP contribution in [0, 0.1) is 12.3 Å². The summed E-state index contributed by atoms with van der Waals surface area (Å²) in [5.74, 6) is -0.802. The summed E-state index contributed by atoms with van der Waals surface area (Å²) < 4.78 is 0.833. The highest BCUT2D eigenvalue weighted by Gasteiger charge is 2.41. The quantitative estimate of drug-likeness (QED) is 0.523. The molecule has 0 bridgehead atoms. The molecule has 1 heterocycles. The molecule has 0 fully saturated rings. The van der Waals surface area contributed by atoms with Gasteiger partial charge in [-0.25, -0.2) is 0 Å². The van der Waals surface area contributed by atoms with E-state index in [0.29, 0.717) is 12.1 Å². The van der Waals surface area contributed by atoms with Gasteiger partial charge in [0.05, 0.1) is 11.3 Å². The number of carbonyl (C=O) groups is 2. The molecule has 0 unspecified atom stereocenters. The van der Waals surface area contributed by atoms with E-state index in [1.54, 1.807) is 11.0 Å². The van der Waals surface area contributed by atoms with Crippen LogP contribution in [0.15, 0.2) is 16.6 Å². The predicted octanol–water partition coefficient (Wildman–Crippen LogP) is 4.49. The number of nitrogens with zero attached hydrogens (tertiary/aromatic N) is 1. The van der Waals surface area contributed by atoms with Gasteiger partial charge in [0.1, 0.15) is 0 Å². The van der Waals surface area contributed by atoms with Gasteiger partial charge in [-0.3, -0.25) is 9.59 Å². The number of Topliss-reactive ketones (excluding diaryl/α,β-unsaturated/α-hetero) is 1. The predicted molar refractivity (Wildman–Crippen MR) is 92.4 cm³/mol. The number of benzene rings is 1. The van der Waals surface area contributed by atoms with Gasteiger partial charge in [-0.05, 0) is 42.9 Å². The first-order chi connectivity index (χ1) is 9.89. The molecule has 0 spiro atoms. The Morgan fingerprint density at radius 3 is 2.33 bits per heavy atom. The molecular weight excluding hydrogens is 398 g/mol. The molecule has 1 aromatic rings. The van der Waals surface area contributed by atoms with E-state index < -0.39 is 11.7 Å². The fraction of sp³-hybridized carbons (Fsp3) is 0.500. The maximum Gasteiger partial charge on any atom is 0.299 e. The van der Waals surface area contributed by atoms with Crippen molar-refractivity contribution in [3.05, 3.63) is 27.7 Å². The Bertz CT molecular complexity index is 586. The summed E-state index contributed by atoms with van der Waals surface area (Å²) in [5, 5.41) is 0.815. The average Bonchev–Trinajstić information content (AvgIpc) is 2.70. The van der Waals surface area contributed by atoms with E-state index >= 15 is 0 Å². The van der Waals surface area contributed by atoms with Gasteiger partial charge in [0, 0.05) is 16.3 Å². The van der Waals surface area contributed by atoms with Crippen LogP contribution in [0.2, 0.25) is 0 Å². The zero-order valence-corrected chi connectivity index (χ0v) is 15.7. The van der Waals surface area contributed by atoms with Crippen LogP contribution in [-0.2, 0) is 4.79 Å². The van der Waals surface area contributed by atoms with Crippen LogP contribution >= 0.6 is 31.9 Å². The molecule has 1 amide bonds. The topological polar surface area (TPSA) is 37.4 Å². The van der Waals surface area contributed by atoms with E-state index in [4.69, 9.17) is 0 Å². The standard InChI is InChI=1S/C16H19Br2NO2/c1-4-16(5-2,8-17)9-19-13-10(3)6-11(18)7-12(13)14(20)15(19)21/h6-7H,4-5,8-9H2,1-3H3. The van der Waals surface area contributed by atoms with Crippen LogP contribution in [0.1, 0.15) is 42.6 Å². The number of fused-ring (bicyclic) bond motifs is 1. The van der Waals surface area contributed by atoms with E-state index in [1.807, 2.05) is 13.0 Å². The fourth-order valence-corrected chi connectivity index (χ4v) is 4.34. The number of hydrogen-bond acceptors (Lipinski definition) is 2. The van der Waals surface area contributed by atoms with Crippen molar-refractivity contribution in [1.82, 2.24) is 0 Å². The van der Waals surface area contributed by atoms with Crippen LogP contribution in [0.25, 0.3) is 0 Å². The number of hydrogen-bond donors (Lipinski definition) is 0. The maximum atomic E-state index is 12.4. The van der Waals surface area contributed by atoms with Crippen LogP contribution in [0.5, 0.6) is 0 Å². The summed E-state index contributed by atoms with van der Waals surface area (Å²) in [6, 6.07) is 3.70. The molecule has 0 atom stereocenters. The number of amides is 1. The van der Waals surface area contributed by atoms with Crippen molar-refractivity contribution in [1.29, 1.82) is 0 Å². The molecule has 0 saturated heterocycles. The summed E-state index contributed by atoms with van der Waals surface area (Å²) in [6.45, 7) is 6.77. The molecule has 114 valence electrons. The van der Waals surface area contributed by atoms with E-state index in [9.17, 15) is 9.59 Å². The van der Waals surface area contributed by atoms with Crippen molar-refractivity contribution >= 4 is 49.2 Å². The fourth-order valence-electron chi connectivity index (χ4n) is 2.80. The lowest BCUT2D eigenvalue weighted by molar-refractivity contribution is -0.114. The number of alkyl halides is 1. The molecule has 1 aliphatic heterocycles. The monoisotopic (exact) mass is 415 g/mol. The van der Waals surface area contributed by atoms with Crippen molar-refractivity contribution < 1.29 is 9.59 Å². The first-order valence-electron chi connectivity index (χ1n) is 7.11. The molecule has 0 saturated carbocycles. The Morgan fingerprint density at radius 1 is 1.19 bits per heavy atom. The third kappa shape index (κ3) is 2.82. The van der Waals surface area contributed by atoms with E-state index in [2.05, 4.69) is 45.7 Å². The lowest BCUT2D eigenvalue weighted by atomic mass is 9.84. The van der Waals surface area contributed by atoms with E-state index in [0.717, 1.165) is 33.9 Å². The summed E-state index contributed by atoms with van der Waals surface area (Å²) in [6.07, 6.45) is 1.91. The Kier molecular flexibility index (Phi) is 4.93. The third-order valence-electron chi connectivity index (χ3n) is 4.50. The largest absolute Gasteiger partial charge is 0.304 e. The van der Waals surface area contributed by atoms with Crippen molar-refractivity contribution in [2.45, 2.75) is 33.6 Å². The van der Waals surface area contributed by atoms with Gasteiger partial charge in [0.2, 0.25) is 0 Å². The molecule has 2 rings (SSSR count). The van der Waals surface area contributed by atoms with Crippen LogP contribution in [-0.4, -0.2) is 23.6 Å². The number of ketones is 1. The highest BCUT2D eigenvalue weighted by atomic mass is 79.9. The highest BCUT2D eigenvalue weighted by Crippen LogP contribution is 2.39. The minimum atomic E-state index is -0.404. The Morgan fingerprint density at radius 2 is 1.81 bits per heavy atom. The molecule has 1 aliphatic rings. The second kappa shape index (κ2) is 6.21. The van der Waals surface area contributed by atoms with Gasteiger partial charge < -0.3 is 4.90 Å². The first kappa shape index (κ1) is 16.7. The minimum Gasteiger partial charge on any atom is -0.304 e. The molecule has 0 aliphatic carbocycles. The van der Waals surface area contributed by atoms with Gasteiger partial charge in [0.15, 0.2) is 0 Å². The van der Waals surface area contributed by atoms with Crippen molar-refractivity contribution in [3.63, 3.8) is 0 Å². The molecular formula is C16H19Br2NO2. The molecule has 0 radical (unpaired) electrons. The molecule has 1 aromatic carbocycles. The smallest absolute Gasteiger partial charge is 0.299 e. The summed E-state index contributed by atoms with van der Waals surface area (Å²) >= 11 is 6.97. The number of halogens is 2. The summed E-state index contributed by atoms with van der Waals surface area (Å²) in [4.78, 5) is 26.3. The number of anilines is 1. The molecule has 3 nitrogen and oxygen atoms in total. The van der Waals surface area contributed by atoms with Crippen LogP contribution < -0.4 is 4.90 Å². The molecule has 21 heavy (non-hydrogen) atoms. The lowest BCUT2D eigenvalue weighted by Gasteiger charge is -2.34.